The molecule has 2 aromatic carbocycles. The number of anilines is 1. The number of fused-ring (bicyclic) bond motifs is 1. The zero-order chi connectivity index (χ0) is 23.4. The SMILES string of the molecule is CCCCc1nc2cc(NC(=O)c3ccccc3Cl)c(C)nc2n1Cc1ccccc1OC. The van der Waals surface area contributed by atoms with Gasteiger partial charge >= 0.3 is 0 Å². The molecule has 0 radical (unpaired) electrons. The van der Waals surface area contributed by atoms with Crippen molar-refractivity contribution in [2.24, 2.45) is 0 Å². The van der Waals surface area contributed by atoms with Crippen LogP contribution in [0.4, 0.5) is 5.69 Å². The van der Waals surface area contributed by atoms with Crippen LogP contribution in [0.3, 0.4) is 0 Å². The Kier molecular flexibility index (Phi) is 6.94. The van der Waals surface area contributed by atoms with E-state index in [2.05, 4.69) is 22.9 Å². The predicted molar refractivity (Wildman–Crippen MR) is 132 cm³/mol. The smallest absolute Gasteiger partial charge is 0.257 e. The number of halogens is 1. The van der Waals surface area contributed by atoms with E-state index in [1.165, 1.54) is 0 Å². The Labute approximate surface area is 198 Å². The van der Waals surface area contributed by atoms with Crippen molar-refractivity contribution in [2.75, 3.05) is 12.4 Å². The maximum Gasteiger partial charge on any atom is 0.257 e. The van der Waals surface area contributed by atoms with Crippen molar-refractivity contribution in [1.82, 2.24) is 14.5 Å². The van der Waals surface area contributed by atoms with Gasteiger partial charge in [-0.15, -0.1) is 0 Å². The Balaban J connectivity index is 1.73. The lowest BCUT2D eigenvalue weighted by Crippen LogP contribution is -2.14. The number of benzene rings is 2. The zero-order valence-corrected chi connectivity index (χ0v) is 19.8. The number of pyridine rings is 1. The van der Waals surface area contributed by atoms with Crippen LogP contribution in [-0.2, 0) is 13.0 Å². The van der Waals surface area contributed by atoms with Crippen LogP contribution in [0.2, 0.25) is 5.02 Å². The molecule has 1 amide bonds. The third kappa shape index (κ3) is 4.86. The van der Waals surface area contributed by atoms with Crippen LogP contribution in [0, 0.1) is 6.92 Å². The summed E-state index contributed by atoms with van der Waals surface area (Å²) in [5.41, 5.74) is 4.36. The molecule has 4 aromatic rings. The van der Waals surface area contributed by atoms with Crippen LogP contribution in [0.15, 0.2) is 54.6 Å². The summed E-state index contributed by atoms with van der Waals surface area (Å²) < 4.78 is 7.70. The van der Waals surface area contributed by atoms with E-state index in [4.69, 9.17) is 26.3 Å². The van der Waals surface area contributed by atoms with Crippen molar-refractivity contribution in [1.29, 1.82) is 0 Å². The van der Waals surface area contributed by atoms with Crippen LogP contribution in [0.1, 0.15) is 47.2 Å². The molecule has 170 valence electrons. The second-order valence-electron chi connectivity index (χ2n) is 7.93. The maximum atomic E-state index is 12.8. The number of unbranched alkanes of at least 4 members (excludes halogenated alkanes) is 1. The molecule has 0 aliphatic carbocycles. The first-order valence-electron chi connectivity index (χ1n) is 11.1. The molecule has 0 bridgehead atoms. The Morgan fingerprint density at radius 1 is 1.12 bits per heavy atom. The second kappa shape index (κ2) is 10.0. The summed E-state index contributed by atoms with van der Waals surface area (Å²) in [5.74, 6) is 1.53. The van der Waals surface area contributed by atoms with Crippen molar-refractivity contribution in [2.45, 2.75) is 39.7 Å². The zero-order valence-electron chi connectivity index (χ0n) is 19.1. The lowest BCUT2D eigenvalue weighted by molar-refractivity contribution is 0.102. The molecule has 0 unspecified atom stereocenters. The van der Waals surface area contributed by atoms with E-state index < -0.39 is 0 Å². The van der Waals surface area contributed by atoms with Gasteiger partial charge in [-0.1, -0.05) is 55.3 Å². The summed E-state index contributed by atoms with van der Waals surface area (Å²) >= 11 is 6.19. The maximum absolute atomic E-state index is 12.8. The molecule has 2 heterocycles. The molecule has 0 atom stereocenters. The lowest BCUT2D eigenvalue weighted by Gasteiger charge is -2.13. The highest BCUT2D eigenvalue weighted by atomic mass is 35.5. The van der Waals surface area contributed by atoms with E-state index in [1.807, 2.05) is 31.2 Å². The molecular weight excluding hydrogens is 436 g/mol. The molecule has 33 heavy (non-hydrogen) atoms. The normalized spacial score (nSPS) is 11.0. The van der Waals surface area contributed by atoms with Gasteiger partial charge in [-0.3, -0.25) is 4.79 Å². The summed E-state index contributed by atoms with van der Waals surface area (Å²) in [4.78, 5) is 22.5. The van der Waals surface area contributed by atoms with E-state index in [0.29, 0.717) is 28.5 Å². The first-order chi connectivity index (χ1) is 16.0. The summed E-state index contributed by atoms with van der Waals surface area (Å²) in [7, 11) is 1.68. The minimum absolute atomic E-state index is 0.274. The predicted octanol–water partition coefficient (Wildman–Crippen LogP) is 6.04. The number of amides is 1. The number of aryl methyl sites for hydroxylation is 2. The number of carbonyl (C=O) groups excluding carboxylic acids is 1. The van der Waals surface area contributed by atoms with Crippen molar-refractivity contribution < 1.29 is 9.53 Å². The van der Waals surface area contributed by atoms with Gasteiger partial charge in [0.25, 0.3) is 5.91 Å². The fourth-order valence-electron chi connectivity index (χ4n) is 3.84. The van der Waals surface area contributed by atoms with Gasteiger partial charge in [0.15, 0.2) is 5.65 Å². The molecule has 7 heteroatoms. The molecule has 1 N–H and O–H groups in total. The minimum Gasteiger partial charge on any atom is -0.496 e. The van der Waals surface area contributed by atoms with Crippen molar-refractivity contribution in [3.63, 3.8) is 0 Å². The summed E-state index contributed by atoms with van der Waals surface area (Å²) in [6.45, 7) is 4.66. The number of methoxy groups -OCH3 is 1. The molecule has 0 spiro atoms. The molecular formula is C26H27ClN4O2. The number of rotatable bonds is 8. The fraction of sp³-hybridized carbons (Fsp3) is 0.269. The van der Waals surface area contributed by atoms with E-state index in [0.717, 1.165) is 47.6 Å². The van der Waals surface area contributed by atoms with Gasteiger partial charge in [-0.25, -0.2) is 9.97 Å². The number of nitrogens with zero attached hydrogens (tertiary/aromatic N) is 3. The van der Waals surface area contributed by atoms with Crippen molar-refractivity contribution >= 4 is 34.4 Å². The molecule has 0 aliphatic rings. The van der Waals surface area contributed by atoms with E-state index in [1.54, 1.807) is 31.4 Å². The van der Waals surface area contributed by atoms with Gasteiger partial charge in [-0.2, -0.15) is 0 Å². The molecule has 0 aliphatic heterocycles. The lowest BCUT2D eigenvalue weighted by atomic mass is 10.2. The third-order valence-corrected chi connectivity index (χ3v) is 5.96. The average molecular weight is 463 g/mol. The quantitative estimate of drug-likeness (QED) is 0.346. The molecule has 0 saturated heterocycles. The Hall–Kier alpha value is -3.38. The highest BCUT2D eigenvalue weighted by Crippen LogP contribution is 2.27. The molecule has 0 saturated carbocycles. The van der Waals surface area contributed by atoms with Crippen molar-refractivity contribution in [3.05, 3.63) is 82.3 Å². The van der Waals surface area contributed by atoms with Crippen LogP contribution in [0.25, 0.3) is 11.2 Å². The number of carbonyl (C=O) groups is 1. The number of hydrogen-bond acceptors (Lipinski definition) is 4. The van der Waals surface area contributed by atoms with Gasteiger partial charge in [0.2, 0.25) is 0 Å². The topological polar surface area (TPSA) is 69.0 Å². The fourth-order valence-corrected chi connectivity index (χ4v) is 4.06. The standard InChI is InChI=1S/C26H27ClN4O2/c1-4-5-14-24-29-22-15-21(30-26(32)19-11-7-8-12-20(19)27)17(2)28-25(22)31(24)16-18-10-6-9-13-23(18)33-3/h6-13,15H,4-5,14,16H2,1-3H3,(H,30,32). The third-order valence-electron chi connectivity index (χ3n) is 5.63. The van der Waals surface area contributed by atoms with E-state index >= 15 is 0 Å². The van der Waals surface area contributed by atoms with Crippen LogP contribution >= 0.6 is 11.6 Å². The minimum atomic E-state index is -0.274. The molecule has 4 rings (SSSR count). The Morgan fingerprint density at radius 3 is 2.64 bits per heavy atom. The summed E-state index contributed by atoms with van der Waals surface area (Å²) in [6, 6.07) is 16.8. The van der Waals surface area contributed by atoms with Crippen LogP contribution in [-0.4, -0.2) is 27.6 Å². The molecule has 2 aromatic heterocycles. The number of imidazole rings is 1. The van der Waals surface area contributed by atoms with E-state index in [-0.39, 0.29) is 5.91 Å². The average Bonchev–Trinajstić information content (AvgIpc) is 3.14. The van der Waals surface area contributed by atoms with E-state index in [9.17, 15) is 4.79 Å². The number of hydrogen-bond donors (Lipinski definition) is 1. The number of nitrogens with one attached hydrogen (secondary N) is 1. The highest BCUT2D eigenvalue weighted by Gasteiger charge is 2.18. The summed E-state index contributed by atoms with van der Waals surface area (Å²) in [5, 5.41) is 3.35. The van der Waals surface area contributed by atoms with Gasteiger partial charge in [0.05, 0.1) is 35.6 Å². The monoisotopic (exact) mass is 462 g/mol. The van der Waals surface area contributed by atoms with Crippen LogP contribution in [0.5, 0.6) is 5.75 Å². The number of para-hydroxylation sites is 1. The molecule has 0 fully saturated rings. The highest BCUT2D eigenvalue weighted by molar-refractivity contribution is 6.34. The second-order valence-corrected chi connectivity index (χ2v) is 8.33. The van der Waals surface area contributed by atoms with Gasteiger partial charge in [0.1, 0.15) is 17.1 Å². The van der Waals surface area contributed by atoms with Crippen LogP contribution < -0.4 is 10.1 Å². The van der Waals surface area contributed by atoms with Gasteiger partial charge in [0, 0.05) is 12.0 Å². The Bertz CT molecular complexity index is 1300. The first-order valence-corrected chi connectivity index (χ1v) is 11.4. The summed E-state index contributed by atoms with van der Waals surface area (Å²) in [6.07, 6.45) is 2.95. The largest absolute Gasteiger partial charge is 0.496 e. The molecule has 6 nitrogen and oxygen atoms in total. The van der Waals surface area contributed by atoms with Crippen molar-refractivity contribution in [3.8, 4) is 5.75 Å². The number of ether oxygens (including phenoxy) is 1. The Morgan fingerprint density at radius 2 is 1.88 bits per heavy atom. The van der Waals surface area contributed by atoms with Gasteiger partial charge < -0.3 is 14.6 Å². The first kappa shape index (κ1) is 22.8. The van der Waals surface area contributed by atoms with Gasteiger partial charge in [-0.05, 0) is 37.6 Å². The number of aromatic nitrogens is 3.